The van der Waals surface area contributed by atoms with Crippen molar-refractivity contribution in [1.82, 2.24) is 0 Å². The van der Waals surface area contributed by atoms with Gasteiger partial charge in [0.05, 0.1) is 11.3 Å². The molecule has 0 atom stereocenters. The number of hydrogen-bond donors (Lipinski definition) is 0. The number of benzene rings is 2. The number of ether oxygens (including phenoxy) is 1. The number of carbonyl (C=O) groups is 4. The minimum absolute atomic E-state index is 0.261. The molecule has 0 bridgehead atoms. The van der Waals surface area contributed by atoms with Gasteiger partial charge in [0.25, 0.3) is 11.7 Å². The summed E-state index contributed by atoms with van der Waals surface area (Å²) in [5.74, 6) is -2.15. The predicted molar refractivity (Wildman–Crippen MR) is 98.9 cm³/mol. The Hall–Kier alpha value is -3.28. The lowest BCUT2D eigenvalue weighted by molar-refractivity contribution is -0.141. The molecule has 0 fully saturated rings. The molecule has 3 rings (SSSR count). The van der Waals surface area contributed by atoms with Gasteiger partial charge in [-0.05, 0) is 23.6 Å². The summed E-state index contributed by atoms with van der Waals surface area (Å²) >= 11 is 0. The quantitative estimate of drug-likeness (QED) is 0.447. The standard InChI is InChI=1S/C21H19NO5/c1-13(2)14-7-9-15(10-8-14)18(23)12-27-19(24)11-22-17-6-4-3-5-16(17)20(25)21(22)26/h3-10,13H,11-12H2,1-2H3. The van der Waals surface area contributed by atoms with E-state index in [0.717, 1.165) is 10.5 Å². The van der Waals surface area contributed by atoms with E-state index in [-0.39, 0.29) is 11.3 Å². The van der Waals surface area contributed by atoms with E-state index in [2.05, 4.69) is 13.8 Å². The van der Waals surface area contributed by atoms with Crippen LogP contribution in [0.15, 0.2) is 48.5 Å². The summed E-state index contributed by atoms with van der Waals surface area (Å²) in [5, 5.41) is 0. The number of amides is 1. The number of nitrogens with zero attached hydrogens (tertiary/aromatic N) is 1. The first-order valence-corrected chi connectivity index (χ1v) is 8.62. The van der Waals surface area contributed by atoms with E-state index in [4.69, 9.17) is 4.74 Å². The Morgan fingerprint density at radius 2 is 1.67 bits per heavy atom. The van der Waals surface area contributed by atoms with Crippen LogP contribution in [0.1, 0.15) is 46.0 Å². The van der Waals surface area contributed by atoms with Gasteiger partial charge in [-0.15, -0.1) is 0 Å². The van der Waals surface area contributed by atoms with Gasteiger partial charge < -0.3 is 4.74 Å². The second kappa shape index (κ2) is 7.53. The smallest absolute Gasteiger partial charge is 0.326 e. The zero-order valence-corrected chi connectivity index (χ0v) is 15.1. The Kier molecular flexibility index (Phi) is 5.16. The molecule has 0 saturated heterocycles. The van der Waals surface area contributed by atoms with Crippen LogP contribution in [0.2, 0.25) is 0 Å². The number of para-hydroxylation sites is 1. The van der Waals surface area contributed by atoms with E-state index in [1.165, 1.54) is 6.07 Å². The van der Waals surface area contributed by atoms with Crippen molar-refractivity contribution in [2.75, 3.05) is 18.1 Å². The highest BCUT2D eigenvalue weighted by Crippen LogP contribution is 2.28. The molecule has 138 valence electrons. The molecule has 0 aliphatic carbocycles. The van der Waals surface area contributed by atoms with E-state index < -0.39 is 30.8 Å². The molecule has 0 saturated carbocycles. The Morgan fingerprint density at radius 3 is 2.33 bits per heavy atom. The Balaban J connectivity index is 1.59. The van der Waals surface area contributed by atoms with Gasteiger partial charge in [-0.25, -0.2) is 0 Å². The molecular formula is C21H19NO5. The van der Waals surface area contributed by atoms with Crippen LogP contribution in [0, 0.1) is 0 Å². The summed E-state index contributed by atoms with van der Waals surface area (Å²) < 4.78 is 5.00. The fraction of sp³-hybridized carbons (Fsp3) is 0.238. The molecule has 2 aromatic carbocycles. The average Bonchev–Trinajstić information content (AvgIpc) is 2.91. The highest BCUT2D eigenvalue weighted by Gasteiger charge is 2.36. The van der Waals surface area contributed by atoms with Crippen molar-refractivity contribution in [2.24, 2.45) is 0 Å². The molecule has 6 heteroatoms. The molecule has 1 amide bonds. The zero-order valence-electron chi connectivity index (χ0n) is 15.1. The maximum atomic E-state index is 12.2. The minimum Gasteiger partial charge on any atom is -0.456 e. The van der Waals surface area contributed by atoms with E-state index >= 15 is 0 Å². The molecule has 1 aliphatic rings. The van der Waals surface area contributed by atoms with Crippen molar-refractivity contribution in [2.45, 2.75) is 19.8 Å². The lowest BCUT2D eigenvalue weighted by Crippen LogP contribution is -2.36. The van der Waals surface area contributed by atoms with E-state index in [9.17, 15) is 19.2 Å². The van der Waals surface area contributed by atoms with Crippen LogP contribution in [0.3, 0.4) is 0 Å². The van der Waals surface area contributed by atoms with Crippen molar-refractivity contribution in [3.63, 3.8) is 0 Å². The Bertz CT molecular complexity index is 914. The van der Waals surface area contributed by atoms with Gasteiger partial charge in [0.15, 0.2) is 12.4 Å². The third kappa shape index (κ3) is 3.79. The van der Waals surface area contributed by atoms with Crippen LogP contribution in [-0.2, 0) is 14.3 Å². The maximum Gasteiger partial charge on any atom is 0.326 e. The summed E-state index contributed by atoms with van der Waals surface area (Å²) in [6.07, 6.45) is 0. The fourth-order valence-electron chi connectivity index (χ4n) is 2.86. The monoisotopic (exact) mass is 365 g/mol. The molecule has 0 spiro atoms. The number of carbonyl (C=O) groups excluding carboxylic acids is 4. The van der Waals surface area contributed by atoms with E-state index in [0.29, 0.717) is 17.2 Å². The first-order valence-electron chi connectivity index (χ1n) is 8.62. The summed E-state index contributed by atoms with van der Waals surface area (Å²) in [6, 6.07) is 13.6. The third-order valence-electron chi connectivity index (χ3n) is 4.43. The third-order valence-corrected chi connectivity index (χ3v) is 4.43. The molecule has 1 aliphatic heterocycles. The number of rotatable bonds is 6. The fourth-order valence-corrected chi connectivity index (χ4v) is 2.86. The van der Waals surface area contributed by atoms with Crippen molar-refractivity contribution in [3.05, 3.63) is 65.2 Å². The van der Waals surface area contributed by atoms with Crippen LogP contribution in [-0.4, -0.2) is 36.6 Å². The molecule has 1 heterocycles. The number of ketones is 2. The molecule has 2 aromatic rings. The van der Waals surface area contributed by atoms with Crippen LogP contribution >= 0.6 is 0 Å². The normalized spacial score (nSPS) is 13.1. The highest BCUT2D eigenvalue weighted by atomic mass is 16.5. The van der Waals surface area contributed by atoms with Crippen molar-refractivity contribution in [3.8, 4) is 0 Å². The van der Waals surface area contributed by atoms with Crippen molar-refractivity contribution in [1.29, 1.82) is 0 Å². The number of hydrogen-bond acceptors (Lipinski definition) is 5. The molecule has 0 N–H and O–H groups in total. The zero-order chi connectivity index (χ0) is 19.6. The van der Waals surface area contributed by atoms with Crippen LogP contribution in [0.25, 0.3) is 0 Å². The predicted octanol–water partition coefficient (Wildman–Crippen LogP) is 2.77. The first-order chi connectivity index (χ1) is 12.9. The largest absolute Gasteiger partial charge is 0.456 e. The number of Topliss-reactive ketones (excluding diaryl/α,β-unsaturated/α-hetero) is 2. The van der Waals surface area contributed by atoms with Crippen LogP contribution in [0.5, 0.6) is 0 Å². The van der Waals surface area contributed by atoms with Gasteiger partial charge in [0, 0.05) is 5.56 Å². The molecular weight excluding hydrogens is 346 g/mol. The van der Waals surface area contributed by atoms with Gasteiger partial charge >= 0.3 is 5.97 Å². The number of esters is 1. The second-order valence-electron chi connectivity index (χ2n) is 6.60. The van der Waals surface area contributed by atoms with Crippen LogP contribution < -0.4 is 4.90 Å². The van der Waals surface area contributed by atoms with Gasteiger partial charge in [0.1, 0.15) is 6.54 Å². The summed E-state index contributed by atoms with van der Waals surface area (Å²) in [5.41, 5.74) is 2.20. The Morgan fingerprint density at radius 1 is 1.00 bits per heavy atom. The van der Waals surface area contributed by atoms with E-state index in [1.807, 2.05) is 12.1 Å². The SMILES string of the molecule is CC(C)c1ccc(C(=O)COC(=O)CN2C(=O)C(=O)c3ccccc32)cc1. The second-order valence-corrected chi connectivity index (χ2v) is 6.60. The number of anilines is 1. The van der Waals surface area contributed by atoms with Gasteiger partial charge in [-0.1, -0.05) is 50.2 Å². The highest BCUT2D eigenvalue weighted by molar-refractivity contribution is 6.52. The van der Waals surface area contributed by atoms with Crippen molar-refractivity contribution < 1.29 is 23.9 Å². The first kappa shape index (κ1) is 18.5. The lowest BCUT2D eigenvalue weighted by Gasteiger charge is -2.15. The van der Waals surface area contributed by atoms with Gasteiger partial charge in [-0.2, -0.15) is 0 Å². The van der Waals surface area contributed by atoms with Crippen LogP contribution in [0.4, 0.5) is 5.69 Å². The Labute approximate surface area is 156 Å². The molecule has 0 radical (unpaired) electrons. The van der Waals surface area contributed by atoms with Gasteiger partial charge in [-0.3, -0.25) is 24.1 Å². The minimum atomic E-state index is -0.774. The molecule has 27 heavy (non-hydrogen) atoms. The lowest BCUT2D eigenvalue weighted by atomic mass is 10.0. The maximum absolute atomic E-state index is 12.2. The van der Waals surface area contributed by atoms with Crippen molar-refractivity contribution >= 4 is 29.1 Å². The average molecular weight is 365 g/mol. The molecule has 0 unspecified atom stereocenters. The molecule has 6 nitrogen and oxygen atoms in total. The summed E-state index contributed by atoms with van der Waals surface area (Å²) in [6.45, 7) is 3.28. The van der Waals surface area contributed by atoms with E-state index in [1.54, 1.807) is 30.3 Å². The molecule has 0 aromatic heterocycles. The summed E-state index contributed by atoms with van der Waals surface area (Å²) in [7, 11) is 0. The topological polar surface area (TPSA) is 80.8 Å². The van der Waals surface area contributed by atoms with Gasteiger partial charge in [0.2, 0.25) is 0 Å². The number of fused-ring (bicyclic) bond motifs is 1. The summed E-state index contributed by atoms with van der Waals surface area (Å²) in [4.78, 5) is 49.3.